The van der Waals surface area contributed by atoms with Crippen LogP contribution in [0.1, 0.15) is 58.8 Å². The van der Waals surface area contributed by atoms with Gasteiger partial charge in [0.2, 0.25) is 0 Å². The van der Waals surface area contributed by atoms with Gasteiger partial charge in [-0.2, -0.15) is 0 Å². The van der Waals surface area contributed by atoms with Crippen molar-refractivity contribution in [2.24, 2.45) is 0 Å². The summed E-state index contributed by atoms with van der Waals surface area (Å²) in [6.45, 7) is 9.07. The van der Waals surface area contributed by atoms with Crippen LogP contribution in [-0.4, -0.2) is 48.3 Å². The average molecular weight is 266 g/mol. The Balaban J connectivity index is 1.82. The van der Waals surface area contributed by atoms with Crippen LogP contribution in [0.4, 0.5) is 0 Å². The summed E-state index contributed by atoms with van der Waals surface area (Å²) in [6.07, 6.45) is 9.31. The molecule has 0 aromatic carbocycles. The average Bonchev–Trinajstić information content (AvgIpc) is 3.11. The van der Waals surface area contributed by atoms with Gasteiger partial charge in [-0.05, 0) is 32.1 Å². The first-order valence-corrected chi connectivity index (χ1v) is 8.33. The molecular weight excluding hydrogens is 236 g/mol. The van der Waals surface area contributed by atoms with Crippen molar-refractivity contribution < 1.29 is 4.74 Å². The second kappa shape index (κ2) is 5.34. The first-order chi connectivity index (χ1) is 9.24. The monoisotopic (exact) mass is 266 g/mol. The minimum atomic E-state index is 0.367. The second-order valence-electron chi connectivity index (χ2n) is 6.92. The van der Waals surface area contributed by atoms with Crippen molar-refractivity contribution >= 4 is 0 Å². The number of ether oxygens (including phenoxy) is 1. The predicted octanol–water partition coefficient (Wildman–Crippen LogP) is 2.55. The number of nitrogens with one attached hydrogen (secondary N) is 1. The molecule has 110 valence electrons. The van der Waals surface area contributed by atoms with Crippen LogP contribution in [0.2, 0.25) is 0 Å². The summed E-state index contributed by atoms with van der Waals surface area (Å²) in [5, 5.41) is 3.96. The van der Waals surface area contributed by atoms with Crippen molar-refractivity contribution in [3.8, 4) is 0 Å². The third-order valence-corrected chi connectivity index (χ3v) is 6.10. The third kappa shape index (κ3) is 2.34. The molecule has 1 N–H and O–H groups in total. The molecule has 3 heteroatoms. The Morgan fingerprint density at radius 1 is 1.21 bits per heavy atom. The van der Waals surface area contributed by atoms with E-state index >= 15 is 0 Å². The standard InChI is InChI=1S/C16H30N2O/c1-3-16(4-2)12-17-15(8-5-6-9-15)13-18(16)14-7-10-19-11-14/h14,17H,3-13H2,1-2H3. The molecule has 2 saturated heterocycles. The number of nitrogens with zero attached hydrogens (tertiary/aromatic N) is 1. The lowest BCUT2D eigenvalue weighted by Crippen LogP contribution is -2.71. The molecule has 0 aromatic rings. The number of hydrogen-bond acceptors (Lipinski definition) is 3. The van der Waals surface area contributed by atoms with E-state index in [0.717, 1.165) is 13.2 Å². The van der Waals surface area contributed by atoms with Crippen molar-refractivity contribution in [2.75, 3.05) is 26.3 Å². The van der Waals surface area contributed by atoms with E-state index in [1.165, 1.54) is 58.0 Å². The number of hydrogen-bond donors (Lipinski definition) is 1. The van der Waals surface area contributed by atoms with Crippen LogP contribution in [0.5, 0.6) is 0 Å². The third-order valence-electron chi connectivity index (χ3n) is 6.10. The molecule has 19 heavy (non-hydrogen) atoms. The minimum absolute atomic E-state index is 0.367. The van der Waals surface area contributed by atoms with Gasteiger partial charge in [0.05, 0.1) is 6.61 Å². The fourth-order valence-electron chi connectivity index (χ4n) is 4.58. The molecule has 0 radical (unpaired) electrons. The molecule has 3 fully saturated rings. The van der Waals surface area contributed by atoms with E-state index in [0.29, 0.717) is 17.1 Å². The van der Waals surface area contributed by atoms with E-state index in [-0.39, 0.29) is 0 Å². The van der Waals surface area contributed by atoms with Crippen LogP contribution in [0.3, 0.4) is 0 Å². The zero-order valence-electron chi connectivity index (χ0n) is 12.7. The first kappa shape index (κ1) is 13.8. The van der Waals surface area contributed by atoms with Gasteiger partial charge in [0.1, 0.15) is 0 Å². The normalized spacial score (nSPS) is 34.1. The highest BCUT2D eigenvalue weighted by molar-refractivity contribution is 5.08. The van der Waals surface area contributed by atoms with E-state index in [2.05, 4.69) is 24.1 Å². The molecule has 0 aromatic heterocycles. The number of rotatable bonds is 3. The van der Waals surface area contributed by atoms with E-state index in [1.807, 2.05) is 0 Å². The Bertz CT molecular complexity index is 302. The summed E-state index contributed by atoms with van der Waals surface area (Å²) in [5.41, 5.74) is 0.794. The van der Waals surface area contributed by atoms with Crippen molar-refractivity contribution in [1.82, 2.24) is 10.2 Å². The van der Waals surface area contributed by atoms with Crippen molar-refractivity contribution in [2.45, 2.75) is 75.9 Å². The highest BCUT2D eigenvalue weighted by atomic mass is 16.5. The highest BCUT2D eigenvalue weighted by Crippen LogP contribution is 2.40. The van der Waals surface area contributed by atoms with Crippen LogP contribution in [-0.2, 0) is 4.74 Å². The first-order valence-electron chi connectivity index (χ1n) is 8.33. The fraction of sp³-hybridized carbons (Fsp3) is 1.00. The van der Waals surface area contributed by atoms with Gasteiger partial charge in [-0.25, -0.2) is 0 Å². The van der Waals surface area contributed by atoms with E-state index in [1.54, 1.807) is 0 Å². The van der Waals surface area contributed by atoms with Crippen LogP contribution >= 0.6 is 0 Å². The summed E-state index contributed by atoms with van der Waals surface area (Å²) in [6, 6.07) is 0.666. The smallest absolute Gasteiger partial charge is 0.0622 e. The van der Waals surface area contributed by atoms with Crippen molar-refractivity contribution in [1.29, 1.82) is 0 Å². The molecule has 1 saturated carbocycles. The summed E-state index contributed by atoms with van der Waals surface area (Å²) in [7, 11) is 0. The van der Waals surface area contributed by atoms with E-state index in [4.69, 9.17) is 4.74 Å². The molecule has 1 spiro atoms. The minimum Gasteiger partial charge on any atom is -0.380 e. The Kier molecular flexibility index (Phi) is 3.89. The van der Waals surface area contributed by atoms with Gasteiger partial charge in [-0.1, -0.05) is 26.7 Å². The molecule has 2 heterocycles. The van der Waals surface area contributed by atoms with Gasteiger partial charge in [0.25, 0.3) is 0 Å². The fourth-order valence-corrected chi connectivity index (χ4v) is 4.58. The number of piperazine rings is 1. The Morgan fingerprint density at radius 3 is 2.53 bits per heavy atom. The molecule has 0 amide bonds. The molecular formula is C16H30N2O. The predicted molar refractivity (Wildman–Crippen MR) is 78.4 cm³/mol. The lowest BCUT2D eigenvalue weighted by atomic mass is 9.81. The van der Waals surface area contributed by atoms with Gasteiger partial charge in [0, 0.05) is 36.8 Å². The quantitative estimate of drug-likeness (QED) is 0.849. The Hall–Kier alpha value is -0.120. The topological polar surface area (TPSA) is 24.5 Å². The van der Waals surface area contributed by atoms with Crippen LogP contribution in [0, 0.1) is 0 Å². The van der Waals surface area contributed by atoms with Crippen LogP contribution < -0.4 is 5.32 Å². The maximum absolute atomic E-state index is 5.68. The lowest BCUT2D eigenvalue weighted by Gasteiger charge is -2.55. The summed E-state index contributed by atoms with van der Waals surface area (Å²) >= 11 is 0. The molecule has 2 aliphatic heterocycles. The summed E-state index contributed by atoms with van der Waals surface area (Å²) < 4.78 is 5.68. The molecule has 3 nitrogen and oxygen atoms in total. The Labute approximate surface area is 118 Å². The molecule has 3 aliphatic rings. The molecule has 0 bridgehead atoms. The zero-order valence-corrected chi connectivity index (χ0v) is 12.7. The van der Waals surface area contributed by atoms with Gasteiger partial charge in [-0.3, -0.25) is 4.90 Å². The van der Waals surface area contributed by atoms with E-state index < -0.39 is 0 Å². The van der Waals surface area contributed by atoms with Crippen molar-refractivity contribution in [3.05, 3.63) is 0 Å². The van der Waals surface area contributed by atoms with Crippen molar-refractivity contribution in [3.63, 3.8) is 0 Å². The molecule has 1 atom stereocenters. The van der Waals surface area contributed by atoms with Gasteiger partial charge >= 0.3 is 0 Å². The van der Waals surface area contributed by atoms with Gasteiger partial charge in [0.15, 0.2) is 0 Å². The summed E-state index contributed by atoms with van der Waals surface area (Å²) in [5.74, 6) is 0. The molecule has 3 rings (SSSR count). The maximum Gasteiger partial charge on any atom is 0.0622 e. The largest absolute Gasteiger partial charge is 0.380 e. The van der Waals surface area contributed by atoms with Gasteiger partial charge < -0.3 is 10.1 Å². The van der Waals surface area contributed by atoms with Crippen LogP contribution in [0.25, 0.3) is 0 Å². The summed E-state index contributed by atoms with van der Waals surface area (Å²) in [4.78, 5) is 2.85. The lowest BCUT2D eigenvalue weighted by molar-refractivity contribution is -0.0334. The zero-order chi connectivity index (χ0) is 13.3. The molecule has 1 aliphatic carbocycles. The SMILES string of the molecule is CCC1(CC)CNC2(CCCC2)CN1C1CCOC1. The molecule has 1 unspecified atom stereocenters. The van der Waals surface area contributed by atoms with Gasteiger partial charge in [-0.15, -0.1) is 0 Å². The Morgan fingerprint density at radius 2 is 1.95 bits per heavy atom. The van der Waals surface area contributed by atoms with E-state index in [9.17, 15) is 0 Å². The maximum atomic E-state index is 5.68. The second-order valence-corrected chi connectivity index (χ2v) is 6.92. The highest BCUT2D eigenvalue weighted by Gasteiger charge is 2.49. The van der Waals surface area contributed by atoms with Crippen LogP contribution in [0.15, 0.2) is 0 Å².